The normalized spacial score (nSPS) is 17.5. The van der Waals surface area contributed by atoms with Crippen molar-refractivity contribution in [3.05, 3.63) is 71.8 Å². The smallest absolute Gasteiger partial charge is 0.327 e. The standard InChI is InChI=1S/C26H29N3O5/c1-19(34-22(30)18-29-24(32)26(27-25(29)33)14-8-9-15-26)23(31)28(16-20-10-4-2-5-11-20)17-21-12-6-3-7-13-21/h2-7,10-13,19H,8-9,14-18H2,1H3,(H,27,33). The van der Waals surface area contributed by atoms with Crippen LogP contribution in [0.3, 0.4) is 0 Å². The number of hydrogen-bond acceptors (Lipinski definition) is 5. The van der Waals surface area contributed by atoms with Gasteiger partial charge in [0.2, 0.25) is 0 Å². The van der Waals surface area contributed by atoms with E-state index in [0.717, 1.165) is 28.9 Å². The number of esters is 1. The molecular formula is C26H29N3O5. The molecular weight excluding hydrogens is 434 g/mol. The Morgan fingerprint density at radius 1 is 0.971 bits per heavy atom. The molecule has 2 aliphatic rings. The summed E-state index contributed by atoms with van der Waals surface area (Å²) in [7, 11) is 0. The van der Waals surface area contributed by atoms with Crippen LogP contribution in [0.5, 0.6) is 0 Å². The molecule has 34 heavy (non-hydrogen) atoms. The van der Waals surface area contributed by atoms with Gasteiger partial charge in [-0.25, -0.2) is 4.79 Å². The van der Waals surface area contributed by atoms with Gasteiger partial charge in [0.1, 0.15) is 12.1 Å². The van der Waals surface area contributed by atoms with Gasteiger partial charge in [0.15, 0.2) is 6.10 Å². The highest BCUT2D eigenvalue weighted by Crippen LogP contribution is 2.34. The third-order valence-electron chi connectivity index (χ3n) is 6.39. The predicted octanol–water partition coefficient (Wildman–Crippen LogP) is 3.01. The SMILES string of the molecule is CC(OC(=O)CN1C(=O)NC2(CCCC2)C1=O)C(=O)N(Cc1ccccc1)Cc1ccccc1. The summed E-state index contributed by atoms with van der Waals surface area (Å²) in [6, 6.07) is 18.5. The second-order valence-electron chi connectivity index (χ2n) is 8.91. The average molecular weight is 464 g/mol. The number of carbonyl (C=O) groups is 4. The summed E-state index contributed by atoms with van der Waals surface area (Å²) in [6.07, 6.45) is 1.79. The molecule has 0 radical (unpaired) electrons. The zero-order chi connectivity index (χ0) is 24.1. The fourth-order valence-electron chi connectivity index (χ4n) is 4.63. The quantitative estimate of drug-likeness (QED) is 0.480. The van der Waals surface area contributed by atoms with Gasteiger partial charge in [0.25, 0.3) is 11.8 Å². The number of nitrogens with one attached hydrogen (secondary N) is 1. The van der Waals surface area contributed by atoms with Gasteiger partial charge in [0.05, 0.1) is 0 Å². The van der Waals surface area contributed by atoms with Crippen LogP contribution in [-0.4, -0.2) is 51.8 Å². The Morgan fingerprint density at radius 3 is 2.03 bits per heavy atom. The Hall–Kier alpha value is -3.68. The molecule has 1 spiro atoms. The van der Waals surface area contributed by atoms with E-state index in [1.807, 2.05) is 60.7 Å². The maximum absolute atomic E-state index is 13.2. The summed E-state index contributed by atoms with van der Waals surface area (Å²) in [5.41, 5.74) is 1.01. The zero-order valence-corrected chi connectivity index (χ0v) is 19.2. The number of rotatable bonds is 8. The fourth-order valence-corrected chi connectivity index (χ4v) is 4.63. The minimum absolute atomic E-state index is 0.353. The van der Waals surface area contributed by atoms with Crippen molar-refractivity contribution in [1.82, 2.24) is 15.1 Å². The highest BCUT2D eigenvalue weighted by Gasteiger charge is 2.52. The summed E-state index contributed by atoms with van der Waals surface area (Å²) in [6.45, 7) is 1.70. The van der Waals surface area contributed by atoms with E-state index in [1.54, 1.807) is 4.90 Å². The van der Waals surface area contributed by atoms with Crippen LogP contribution in [-0.2, 0) is 32.2 Å². The summed E-state index contributed by atoms with van der Waals surface area (Å²) >= 11 is 0. The second-order valence-corrected chi connectivity index (χ2v) is 8.91. The van der Waals surface area contributed by atoms with Gasteiger partial charge in [-0.1, -0.05) is 73.5 Å². The summed E-state index contributed by atoms with van der Waals surface area (Å²) in [5, 5.41) is 2.74. The number of nitrogens with zero attached hydrogens (tertiary/aromatic N) is 2. The Bertz CT molecular complexity index is 1010. The van der Waals surface area contributed by atoms with Crippen LogP contribution >= 0.6 is 0 Å². The third kappa shape index (κ3) is 5.11. The van der Waals surface area contributed by atoms with E-state index in [2.05, 4.69) is 5.32 Å². The van der Waals surface area contributed by atoms with Gasteiger partial charge in [-0.15, -0.1) is 0 Å². The van der Waals surface area contributed by atoms with E-state index in [0.29, 0.717) is 25.9 Å². The van der Waals surface area contributed by atoms with Crippen molar-refractivity contribution in [3.8, 4) is 0 Å². The molecule has 4 amide bonds. The molecule has 2 aromatic rings. The number of carbonyl (C=O) groups excluding carboxylic acids is 4. The van der Waals surface area contributed by atoms with Gasteiger partial charge >= 0.3 is 12.0 Å². The van der Waals surface area contributed by atoms with Crippen LogP contribution in [0, 0.1) is 0 Å². The molecule has 1 saturated carbocycles. The summed E-state index contributed by atoms with van der Waals surface area (Å²) < 4.78 is 5.37. The van der Waals surface area contributed by atoms with Gasteiger partial charge in [-0.3, -0.25) is 19.3 Å². The lowest BCUT2D eigenvalue weighted by atomic mass is 9.98. The van der Waals surface area contributed by atoms with Crippen LogP contribution in [0.2, 0.25) is 0 Å². The lowest BCUT2D eigenvalue weighted by Gasteiger charge is -2.26. The van der Waals surface area contributed by atoms with Crippen molar-refractivity contribution in [2.45, 2.75) is 57.3 Å². The van der Waals surface area contributed by atoms with Crippen LogP contribution < -0.4 is 5.32 Å². The van der Waals surface area contributed by atoms with E-state index in [1.165, 1.54) is 6.92 Å². The van der Waals surface area contributed by atoms with Crippen LogP contribution in [0.15, 0.2) is 60.7 Å². The Kier molecular flexibility index (Phi) is 6.95. The van der Waals surface area contributed by atoms with Crippen LogP contribution in [0.4, 0.5) is 4.79 Å². The highest BCUT2D eigenvalue weighted by atomic mass is 16.5. The molecule has 2 aromatic carbocycles. The first-order valence-corrected chi connectivity index (χ1v) is 11.6. The molecule has 1 heterocycles. The second kappa shape index (κ2) is 10.1. The van der Waals surface area contributed by atoms with Gasteiger partial charge in [0, 0.05) is 13.1 Å². The Balaban J connectivity index is 1.40. The number of urea groups is 1. The largest absolute Gasteiger partial charge is 0.451 e. The molecule has 4 rings (SSSR count). The summed E-state index contributed by atoms with van der Waals surface area (Å²) in [5.74, 6) is -1.54. The van der Waals surface area contributed by atoms with Crippen molar-refractivity contribution in [2.75, 3.05) is 6.54 Å². The molecule has 1 atom stereocenters. The topological polar surface area (TPSA) is 96.0 Å². The van der Waals surface area contributed by atoms with E-state index < -0.39 is 30.2 Å². The molecule has 2 fully saturated rings. The monoisotopic (exact) mass is 463 g/mol. The number of ether oxygens (including phenoxy) is 1. The first kappa shape index (κ1) is 23.5. The average Bonchev–Trinajstić information content (AvgIpc) is 3.40. The molecule has 8 heteroatoms. The molecule has 0 aromatic heterocycles. The first-order valence-electron chi connectivity index (χ1n) is 11.6. The molecule has 1 unspecified atom stereocenters. The summed E-state index contributed by atoms with van der Waals surface area (Å²) in [4.78, 5) is 53.5. The zero-order valence-electron chi connectivity index (χ0n) is 19.2. The van der Waals surface area contributed by atoms with Crippen molar-refractivity contribution in [2.24, 2.45) is 0 Å². The highest BCUT2D eigenvalue weighted by molar-refractivity contribution is 6.08. The molecule has 178 valence electrons. The minimum Gasteiger partial charge on any atom is -0.451 e. The molecule has 0 bridgehead atoms. The van der Waals surface area contributed by atoms with E-state index in [9.17, 15) is 19.2 Å². The third-order valence-corrected chi connectivity index (χ3v) is 6.39. The van der Waals surface area contributed by atoms with Crippen molar-refractivity contribution in [1.29, 1.82) is 0 Å². The molecule has 1 aliphatic carbocycles. The molecule has 1 N–H and O–H groups in total. The van der Waals surface area contributed by atoms with Crippen LogP contribution in [0.25, 0.3) is 0 Å². The first-order chi connectivity index (χ1) is 16.4. The molecule has 8 nitrogen and oxygen atoms in total. The maximum atomic E-state index is 13.2. The minimum atomic E-state index is -1.07. The number of benzene rings is 2. The molecule has 1 saturated heterocycles. The van der Waals surface area contributed by atoms with Gasteiger partial charge in [-0.2, -0.15) is 0 Å². The number of imide groups is 1. The Labute approximate surface area is 198 Å². The van der Waals surface area contributed by atoms with Crippen molar-refractivity contribution >= 4 is 23.8 Å². The van der Waals surface area contributed by atoms with Crippen molar-refractivity contribution in [3.63, 3.8) is 0 Å². The number of hydrogen-bond donors (Lipinski definition) is 1. The van der Waals surface area contributed by atoms with E-state index in [4.69, 9.17) is 4.74 Å². The van der Waals surface area contributed by atoms with Gasteiger partial charge in [-0.05, 0) is 30.9 Å². The lowest BCUT2D eigenvalue weighted by Crippen LogP contribution is -2.45. The molecule has 1 aliphatic heterocycles. The fraction of sp³-hybridized carbons (Fsp3) is 0.385. The predicted molar refractivity (Wildman–Crippen MR) is 124 cm³/mol. The van der Waals surface area contributed by atoms with Gasteiger partial charge < -0.3 is 15.0 Å². The lowest BCUT2D eigenvalue weighted by molar-refractivity contribution is -0.161. The van der Waals surface area contributed by atoms with Crippen LogP contribution in [0.1, 0.15) is 43.7 Å². The Morgan fingerprint density at radius 2 is 1.50 bits per heavy atom. The van der Waals surface area contributed by atoms with E-state index in [-0.39, 0.29) is 11.8 Å². The van der Waals surface area contributed by atoms with Crippen molar-refractivity contribution < 1.29 is 23.9 Å². The number of amides is 4. The maximum Gasteiger partial charge on any atom is 0.327 e. The van der Waals surface area contributed by atoms with E-state index >= 15 is 0 Å².